The maximum Gasteiger partial charge on any atom is 0.172 e. The fourth-order valence-corrected chi connectivity index (χ4v) is 1.47. The number of nitrogens with zero attached hydrogens (tertiary/aromatic N) is 2. The molecule has 17 heavy (non-hydrogen) atoms. The third-order valence-electron chi connectivity index (χ3n) is 2.08. The Morgan fingerprint density at radius 2 is 1.94 bits per heavy atom. The smallest absolute Gasteiger partial charge is 0.172 e. The van der Waals surface area contributed by atoms with Crippen molar-refractivity contribution in [3.8, 4) is 17.6 Å². The fourth-order valence-electron chi connectivity index (χ4n) is 1.26. The predicted octanol–water partition coefficient (Wildman–Crippen LogP) is 2.98. The van der Waals surface area contributed by atoms with Crippen molar-refractivity contribution in [2.24, 2.45) is 0 Å². The molecule has 0 aliphatic heterocycles. The highest BCUT2D eigenvalue weighted by Crippen LogP contribution is 2.33. The lowest BCUT2D eigenvalue weighted by Crippen LogP contribution is -1.94. The van der Waals surface area contributed by atoms with Crippen LogP contribution in [0.15, 0.2) is 36.7 Å². The van der Waals surface area contributed by atoms with E-state index < -0.39 is 0 Å². The molecular formula is C12H8ClN3O. The van der Waals surface area contributed by atoms with Gasteiger partial charge in [0.1, 0.15) is 10.8 Å². The number of halogens is 1. The van der Waals surface area contributed by atoms with Crippen LogP contribution in [0.4, 0.5) is 5.69 Å². The lowest BCUT2D eigenvalue weighted by molar-refractivity contribution is 0.484. The van der Waals surface area contributed by atoms with E-state index in [0.717, 1.165) is 0 Å². The molecule has 0 aliphatic carbocycles. The average molecular weight is 246 g/mol. The van der Waals surface area contributed by atoms with Crippen LogP contribution < -0.4 is 10.5 Å². The molecule has 0 unspecified atom stereocenters. The van der Waals surface area contributed by atoms with Gasteiger partial charge in [-0.15, -0.1) is 0 Å². The number of nitrogens with two attached hydrogens (primary N) is 1. The van der Waals surface area contributed by atoms with Gasteiger partial charge in [0.25, 0.3) is 0 Å². The Bertz CT molecular complexity index is 555. The van der Waals surface area contributed by atoms with E-state index in [9.17, 15) is 0 Å². The van der Waals surface area contributed by atoms with Gasteiger partial charge in [-0.3, -0.25) is 4.98 Å². The predicted molar refractivity (Wildman–Crippen MR) is 64.9 cm³/mol. The Balaban J connectivity index is 2.29. The van der Waals surface area contributed by atoms with Gasteiger partial charge in [-0.25, -0.2) is 0 Å². The monoisotopic (exact) mass is 245 g/mol. The minimum Gasteiger partial charge on any atom is -0.454 e. The number of hydrogen-bond donors (Lipinski definition) is 1. The first-order valence-corrected chi connectivity index (χ1v) is 5.15. The van der Waals surface area contributed by atoms with Crippen molar-refractivity contribution in [3.63, 3.8) is 0 Å². The van der Waals surface area contributed by atoms with E-state index in [4.69, 9.17) is 27.3 Å². The van der Waals surface area contributed by atoms with Crippen molar-refractivity contribution in [1.82, 2.24) is 4.98 Å². The standard InChI is InChI=1S/C12H8ClN3O/c13-10-6-16-7-11(15)12(10)17-9-3-1-8(5-14)2-4-9/h1-4,6-7H,15H2. The molecule has 0 radical (unpaired) electrons. The fraction of sp³-hybridized carbons (Fsp3) is 0. The Labute approximate surface area is 103 Å². The third kappa shape index (κ3) is 2.47. The number of anilines is 1. The molecule has 0 bridgehead atoms. The van der Waals surface area contributed by atoms with E-state index in [-0.39, 0.29) is 0 Å². The number of rotatable bonds is 2. The lowest BCUT2D eigenvalue weighted by Gasteiger charge is -2.09. The van der Waals surface area contributed by atoms with Crippen LogP contribution in [-0.2, 0) is 0 Å². The van der Waals surface area contributed by atoms with Crippen LogP contribution in [0.3, 0.4) is 0 Å². The topological polar surface area (TPSA) is 71.9 Å². The highest BCUT2D eigenvalue weighted by Gasteiger charge is 2.07. The first kappa shape index (κ1) is 11.2. The second kappa shape index (κ2) is 4.73. The zero-order valence-electron chi connectivity index (χ0n) is 8.72. The van der Waals surface area contributed by atoms with Crippen molar-refractivity contribution in [2.45, 2.75) is 0 Å². The van der Waals surface area contributed by atoms with Gasteiger partial charge in [0.05, 0.1) is 23.5 Å². The van der Waals surface area contributed by atoms with Crippen LogP contribution >= 0.6 is 11.6 Å². The summed E-state index contributed by atoms with van der Waals surface area (Å²) in [6.45, 7) is 0. The van der Waals surface area contributed by atoms with E-state index in [1.165, 1.54) is 12.4 Å². The largest absolute Gasteiger partial charge is 0.454 e. The summed E-state index contributed by atoms with van der Waals surface area (Å²) in [5, 5.41) is 9.01. The van der Waals surface area contributed by atoms with Gasteiger partial charge in [-0.1, -0.05) is 11.6 Å². The summed E-state index contributed by atoms with van der Waals surface area (Å²) in [5.41, 5.74) is 6.63. The van der Waals surface area contributed by atoms with Gasteiger partial charge in [0.15, 0.2) is 5.75 Å². The van der Waals surface area contributed by atoms with Crippen LogP contribution in [-0.4, -0.2) is 4.98 Å². The molecule has 1 aromatic carbocycles. The molecule has 2 aromatic rings. The summed E-state index contributed by atoms with van der Waals surface area (Å²) in [7, 11) is 0. The number of nitriles is 1. The number of benzene rings is 1. The van der Waals surface area contributed by atoms with Crippen LogP contribution in [0, 0.1) is 11.3 Å². The second-order valence-electron chi connectivity index (χ2n) is 3.28. The molecule has 1 aromatic heterocycles. The first-order valence-electron chi connectivity index (χ1n) is 4.77. The second-order valence-corrected chi connectivity index (χ2v) is 3.69. The highest BCUT2D eigenvalue weighted by molar-refractivity contribution is 6.32. The summed E-state index contributed by atoms with van der Waals surface area (Å²) in [5.74, 6) is 0.926. The van der Waals surface area contributed by atoms with Crippen LogP contribution in [0.5, 0.6) is 11.5 Å². The zero-order chi connectivity index (χ0) is 12.3. The molecule has 2 rings (SSSR count). The Hall–Kier alpha value is -2.25. The van der Waals surface area contributed by atoms with Crippen molar-refractivity contribution < 1.29 is 4.74 Å². The minimum absolute atomic E-state index is 0.342. The van der Waals surface area contributed by atoms with Gasteiger partial charge in [0, 0.05) is 6.20 Å². The normalized spacial score (nSPS) is 9.65. The van der Waals surface area contributed by atoms with Crippen molar-refractivity contribution in [1.29, 1.82) is 5.26 Å². The summed E-state index contributed by atoms with van der Waals surface area (Å²) in [6, 6.07) is 8.68. The van der Waals surface area contributed by atoms with Crippen molar-refractivity contribution >= 4 is 17.3 Å². The Morgan fingerprint density at radius 3 is 2.53 bits per heavy atom. The molecule has 0 spiro atoms. The molecule has 0 aliphatic rings. The van der Waals surface area contributed by atoms with Crippen LogP contribution in [0.1, 0.15) is 5.56 Å². The third-order valence-corrected chi connectivity index (χ3v) is 2.35. The molecular weight excluding hydrogens is 238 g/mol. The Kier molecular flexibility index (Phi) is 3.12. The summed E-state index contributed by atoms with van der Waals surface area (Å²) in [6.07, 6.45) is 2.92. The quantitative estimate of drug-likeness (QED) is 0.883. The zero-order valence-corrected chi connectivity index (χ0v) is 9.48. The maximum absolute atomic E-state index is 8.67. The first-order chi connectivity index (χ1) is 8.20. The molecule has 0 fully saturated rings. The SMILES string of the molecule is N#Cc1ccc(Oc2c(N)cncc2Cl)cc1. The average Bonchev–Trinajstić information content (AvgIpc) is 2.35. The summed E-state index contributed by atoms with van der Waals surface area (Å²) >= 11 is 5.92. The molecule has 0 amide bonds. The summed E-state index contributed by atoms with van der Waals surface area (Å²) in [4.78, 5) is 3.83. The van der Waals surface area contributed by atoms with E-state index in [1.54, 1.807) is 24.3 Å². The van der Waals surface area contributed by atoms with Gasteiger partial charge in [-0.05, 0) is 24.3 Å². The number of pyridine rings is 1. The van der Waals surface area contributed by atoms with E-state index in [2.05, 4.69) is 4.98 Å². The molecule has 0 saturated carbocycles. The maximum atomic E-state index is 8.67. The van der Waals surface area contributed by atoms with E-state index in [0.29, 0.717) is 27.8 Å². The molecule has 1 heterocycles. The molecule has 84 valence electrons. The molecule has 2 N–H and O–H groups in total. The number of ether oxygens (including phenoxy) is 1. The summed E-state index contributed by atoms with van der Waals surface area (Å²) < 4.78 is 5.53. The number of aromatic nitrogens is 1. The van der Waals surface area contributed by atoms with Crippen molar-refractivity contribution in [2.75, 3.05) is 5.73 Å². The molecule has 5 heteroatoms. The van der Waals surface area contributed by atoms with Crippen LogP contribution in [0.2, 0.25) is 5.02 Å². The highest BCUT2D eigenvalue weighted by atomic mass is 35.5. The molecule has 0 atom stereocenters. The van der Waals surface area contributed by atoms with E-state index >= 15 is 0 Å². The van der Waals surface area contributed by atoms with E-state index in [1.807, 2.05) is 6.07 Å². The molecule has 0 saturated heterocycles. The van der Waals surface area contributed by atoms with Gasteiger partial charge < -0.3 is 10.5 Å². The van der Waals surface area contributed by atoms with Crippen molar-refractivity contribution in [3.05, 3.63) is 47.2 Å². The van der Waals surface area contributed by atoms with Gasteiger partial charge in [0.2, 0.25) is 0 Å². The minimum atomic E-state index is 0.342. The lowest BCUT2D eigenvalue weighted by atomic mass is 10.2. The number of hydrogen-bond acceptors (Lipinski definition) is 4. The van der Waals surface area contributed by atoms with Crippen LogP contribution in [0.25, 0.3) is 0 Å². The number of nitrogen functional groups attached to an aromatic ring is 1. The van der Waals surface area contributed by atoms with Gasteiger partial charge >= 0.3 is 0 Å². The molecule has 4 nitrogen and oxygen atoms in total. The Morgan fingerprint density at radius 1 is 1.24 bits per heavy atom. The van der Waals surface area contributed by atoms with Gasteiger partial charge in [-0.2, -0.15) is 5.26 Å².